The molecule has 2 aromatic carbocycles. The van der Waals surface area contributed by atoms with Gasteiger partial charge in [0.15, 0.2) is 23.1 Å². The average Bonchev–Trinajstić information content (AvgIpc) is 2.57. The van der Waals surface area contributed by atoms with E-state index in [2.05, 4.69) is 34.6 Å². The van der Waals surface area contributed by atoms with Crippen LogP contribution in [0.15, 0.2) is 36.4 Å². The molecule has 0 aromatic heterocycles. The summed E-state index contributed by atoms with van der Waals surface area (Å²) in [6.07, 6.45) is 0.656. The van der Waals surface area contributed by atoms with Crippen molar-refractivity contribution in [3.05, 3.63) is 59.2 Å². The molecule has 0 aliphatic heterocycles. The third-order valence-electron chi connectivity index (χ3n) is 4.79. The van der Waals surface area contributed by atoms with Crippen molar-refractivity contribution in [3.8, 4) is 11.5 Å². The predicted molar refractivity (Wildman–Crippen MR) is 106 cm³/mol. The van der Waals surface area contributed by atoms with E-state index in [0.717, 1.165) is 11.1 Å². The molecule has 0 heterocycles. The molecule has 148 valence electrons. The Morgan fingerprint density at radius 1 is 0.778 bits per heavy atom. The molecule has 0 atom stereocenters. The molecule has 4 heteroatoms. The Morgan fingerprint density at radius 3 is 1.85 bits per heavy atom. The quantitative estimate of drug-likeness (QED) is 0.556. The van der Waals surface area contributed by atoms with E-state index in [-0.39, 0.29) is 34.0 Å². The second-order valence-corrected chi connectivity index (χ2v) is 8.46. The molecule has 0 aliphatic carbocycles. The van der Waals surface area contributed by atoms with Crippen molar-refractivity contribution in [2.75, 3.05) is 13.2 Å². The lowest BCUT2D eigenvalue weighted by Crippen LogP contribution is -2.21. The van der Waals surface area contributed by atoms with Gasteiger partial charge >= 0.3 is 0 Å². The summed E-state index contributed by atoms with van der Waals surface area (Å²) in [5, 5.41) is 0. The first-order valence-corrected chi connectivity index (χ1v) is 9.40. The zero-order chi connectivity index (χ0) is 20.2. The zero-order valence-electron chi connectivity index (χ0n) is 17.2. The summed E-state index contributed by atoms with van der Waals surface area (Å²) in [4.78, 5) is 0. The summed E-state index contributed by atoms with van der Waals surface area (Å²) in [5.74, 6) is -0.199. The van der Waals surface area contributed by atoms with E-state index in [4.69, 9.17) is 9.47 Å². The summed E-state index contributed by atoms with van der Waals surface area (Å²) >= 11 is 0. The van der Waals surface area contributed by atoms with Crippen LogP contribution in [0.4, 0.5) is 8.78 Å². The fourth-order valence-electron chi connectivity index (χ4n) is 2.83. The van der Waals surface area contributed by atoms with Gasteiger partial charge in [-0.1, -0.05) is 46.8 Å². The minimum absolute atomic E-state index is 0.0745. The van der Waals surface area contributed by atoms with Crippen molar-refractivity contribution in [2.24, 2.45) is 0 Å². The maximum Gasteiger partial charge on any atom is 0.165 e. The third kappa shape index (κ3) is 5.44. The van der Waals surface area contributed by atoms with Gasteiger partial charge in [-0.05, 0) is 59.6 Å². The van der Waals surface area contributed by atoms with Crippen LogP contribution in [0.1, 0.15) is 59.1 Å². The molecule has 0 bridgehead atoms. The van der Waals surface area contributed by atoms with Crippen LogP contribution in [0, 0.1) is 11.6 Å². The summed E-state index contributed by atoms with van der Waals surface area (Å²) in [6, 6.07) is 9.94. The maximum atomic E-state index is 14.1. The van der Waals surface area contributed by atoms with Crippen molar-refractivity contribution >= 4 is 0 Å². The monoisotopic (exact) mass is 376 g/mol. The molecule has 2 rings (SSSR count). The average molecular weight is 376 g/mol. The number of benzene rings is 2. The van der Waals surface area contributed by atoms with Crippen LogP contribution in [0.5, 0.6) is 11.5 Å². The Bertz CT molecular complexity index is 776. The number of halogens is 2. The largest absolute Gasteiger partial charge is 0.491 e. The SMILES string of the molecule is CCOc1cc(C(C)(C)CCOc2cc(C(C)(C)C)ccc2F)ccc1F. The molecule has 0 N–H and O–H groups in total. The van der Waals surface area contributed by atoms with E-state index in [0.29, 0.717) is 19.6 Å². The van der Waals surface area contributed by atoms with E-state index in [1.807, 2.05) is 6.92 Å². The van der Waals surface area contributed by atoms with Crippen LogP contribution < -0.4 is 9.47 Å². The van der Waals surface area contributed by atoms with Crippen molar-refractivity contribution in [2.45, 2.75) is 58.8 Å². The summed E-state index contributed by atoms with van der Waals surface area (Å²) in [5.41, 5.74) is 1.64. The first-order valence-electron chi connectivity index (χ1n) is 9.40. The molecular formula is C23H30F2O2. The minimum Gasteiger partial charge on any atom is -0.491 e. The Kier molecular flexibility index (Phi) is 6.50. The highest BCUT2D eigenvalue weighted by atomic mass is 19.1. The Hall–Kier alpha value is -2.10. The standard InChI is InChI=1S/C23H30F2O2/c1-7-26-20-15-17(9-11-18(20)24)23(5,6)12-13-27-21-14-16(22(2,3)4)8-10-19(21)25/h8-11,14-15H,7,12-13H2,1-6H3. The molecule has 0 radical (unpaired) electrons. The minimum atomic E-state index is -0.367. The normalized spacial score (nSPS) is 12.1. The fourth-order valence-corrected chi connectivity index (χ4v) is 2.83. The second kappa shape index (κ2) is 8.28. The molecule has 0 saturated carbocycles. The molecule has 2 nitrogen and oxygen atoms in total. The molecule has 0 unspecified atom stereocenters. The first-order chi connectivity index (χ1) is 12.5. The van der Waals surface area contributed by atoms with Gasteiger partial charge in [-0.2, -0.15) is 0 Å². The molecule has 0 spiro atoms. The van der Waals surface area contributed by atoms with Gasteiger partial charge in [0.2, 0.25) is 0 Å². The van der Waals surface area contributed by atoms with Gasteiger partial charge in [-0.15, -0.1) is 0 Å². The second-order valence-electron chi connectivity index (χ2n) is 8.46. The lowest BCUT2D eigenvalue weighted by molar-refractivity contribution is 0.260. The topological polar surface area (TPSA) is 18.5 Å². The Balaban J connectivity index is 2.09. The van der Waals surface area contributed by atoms with Crippen LogP contribution in [0.2, 0.25) is 0 Å². The number of rotatable bonds is 7. The van der Waals surface area contributed by atoms with E-state index in [1.54, 1.807) is 24.3 Å². The van der Waals surface area contributed by atoms with Gasteiger partial charge in [0.1, 0.15) is 0 Å². The maximum absolute atomic E-state index is 14.1. The molecule has 0 saturated heterocycles. The Morgan fingerprint density at radius 2 is 1.30 bits per heavy atom. The van der Waals surface area contributed by atoms with Gasteiger partial charge in [0, 0.05) is 0 Å². The van der Waals surface area contributed by atoms with Gasteiger partial charge in [-0.3, -0.25) is 0 Å². The Labute approximate surface area is 161 Å². The number of hydrogen-bond donors (Lipinski definition) is 0. The highest BCUT2D eigenvalue weighted by Gasteiger charge is 2.23. The molecule has 0 fully saturated rings. The van der Waals surface area contributed by atoms with Gasteiger partial charge < -0.3 is 9.47 Å². The predicted octanol–water partition coefficient (Wildman–Crippen LogP) is 6.41. The first kappa shape index (κ1) is 21.2. The number of hydrogen-bond acceptors (Lipinski definition) is 2. The van der Waals surface area contributed by atoms with E-state index < -0.39 is 0 Å². The van der Waals surface area contributed by atoms with E-state index >= 15 is 0 Å². The summed E-state index contributed by atoms with van der Waals surface area (Å²) in [7, 11) is 0. The summed E-state index contributed by atoms with van der Waals surface area (Å²) in [6.45, 7) is 13.0. The van der Waals surface area contributed by atoms with Gasteiger partial charge in [0.05, 0.1) is 13.2 Å². The molecule has 2 aromatic rings. The van der Waals surface area contributed by atoms with Gasteiger partial charge in [0.25, 0.3) is 0 Å². The van der Waals surface area contributed by atoms with Gasteiger partial charge in [-0.25, -0.2) is 8.78 Å². The molecule has 27 heavy (non-hydrogen) atoms. The van der Waals surface area contributed by atoms with Crippen LogP contribution in [0.3, 0.4) is 0 Å². The van der Waals surface area contributed by atoms with Crippen LogP contribution in [-0.2, 0) is 10.8 Å². The van der Waals surface area contributed by atoms with Crippen LogP contribution >= 0.6 is 0 Å². The van der Waals surface area contributed by atoms with Crippen molar-refractivity contribution < 1.29 is 18.3 Å². The third-order valence-corrected chi connectivity index (χ3v) is 4.79. The smallest absolute Gasteiger partial charge is 0.165 e. The highest BCUT2D eigenvalue weighted by molar-refractivity contribution is 5.35. The van der Waals surface area contributed by atoms with Crippen LogP contribution in [0.25, 0.3) is 0 Å². The van der Waals surface area contributed by atoms with Crippen molar-refractivity contribution in [1.82, 2.24) is 0 Å². The highest BCUT2D eigenvalue weighted by Crippen LogP contribution is 2.32. The molecule has 0 amide bonds. The van der Waals surface area contributed by atoms with Crippen LogP contribution in [-0.4, -0.2) is 13.2 Å². The number of ether oxygens (including phenoxy) is 2. The molecule has 0 aliphatic rings. The van der Waals surface area contributed by atoms with E-state index in [1.165, 1.54) is 12.1 Å². The lowest BCUT2D eigenvalue weighted by Gasteiger charge is -2.26. The van der Waals surface area contributed by atoms with Crippen molar-refractivity contribution in [3.63, 3.8) is 0 Å². The summed E-state index contributed by atoms with van der Waals surface area (Å²) < 4.78 is 39.0. The zero-order valence-corrected chi connectivity index (χ0v) is 17.2. The van der Waals surface area contributed by atoms with E-state index in [9.17, 15) is 8.78 Å². The fraction of sp³-hybridized carbons (Fsp3) is 0.478. The van der Waals surface area contributed by atoms with Crippen molar-refractivity contribution in [1.29, 1.82) is 0 Å². The molecular weight excluding hydrogens is 346 g/mol. The lowest BCUT2D eigenvalue weighted by atomic mass is 9.82.